The summed E-state index contributed by atoms with van der Waals surface area (Å²) in [4.78, 5) is 28.1. The molecule has 0 atom stereocenters. The molecule has 1 fully saturated rings. The van der Waals surface area contributed by atoms with Crippen molar-refractivity contribution in [3.63, 3.8) is 0 Å². The number of carbonyl (C=O) groups excluding carboxylic acids is 2. The van der Waals surface area contributed by atoms with Crippen LogP contribution in [0.1, 0.15) is 37.7 Å². The van der Waals surface area contributed by atoms with Crippen LogP contribution in [-0.2, 0) is 16.1 Å². The van der Waals surface area contributed by atoms with Crippen molar-refractivity contribution < 1.29 is 14.3 Å². The Morgan fingerprint density at radius 1 is 1.00 bits per heavy atom. The standard InChI is InChI=1S/C22H27N3O3/c26-21(25-20-11-13-23-14-12-20)19-8-6-17(7-9-19)10-15-24-22(27)28-16-18-4-2-1-3-5-18/h1-5,11-14,17,19H,6-10,15-16H2,(H,24,27)(H,23,25,26)/t17-,19-. The van der Waals surface area contributed by atoms with Gasteiger partial charge in [0.1, 0.15) is 6.61 Å². The minimum absolute atomic E-state index is 0.0632. The maximum Gasteiger partial charge on any atom is 0.407 e. The van der Waals surface area contributed by atoms with Crippen LogP contribution in [0.4, 0.5) is 10.5 Å². The maximum atomic E-state index is 12.4. The fourth-order valence-electron chi connectivity index (χ4n) is 3.55. The number of aromatic nitrogens is 1. The Labute approximate surface area is 165 Å². The molecule has 1 aliphatic carbocycles. The Morgan fingerprint density at radius 3 is 2.43 bits per heavy atom. The van der Waals surface area contributed by atoms with E-state index >= 15 is 0 Å². The van der Waals surface area contributed by atoms with Gasteiger partial charge in [0.2, 0.25) is 5.91 Å². The number of pyridine rings is 1. The van der Waals surface area contributed by atoms with Crippen LogP contribution in [0.5, 0.6) is 0 Å². The van der Waals surface area contributed by atoms with Crippen LogP contribution in [0.3, 0.4) is 0 Å². The van der Waals surface area contributed by atoms with E-state index in [2.05, 4.69) is 15.6 Å². The lowest BCUT2D eigenvalue weighted by molar-refractivity contribution is -0.121. The molecule has 0 spiro atoms. The monoisotopic (exact) mass is 381 g/mol. The van der Waals surface area contributed by atoms with Crippen LogP contribution in [0, 0.1) is 11.8 Å². The first-order valence-electron chi connectivity index (χ1n) is 9.86. The van der Waals surface area contributed by atoms with Crippen molar-refractivity contribution in [2.75, 3.05) is 11.9 Å². The van der Waals surface area contributed by atoms with Gasteiger partial charge in [0.15, 0.2) is 0 Å². The first-order valence-corrected chi connectivity index (χ1v) is 9.86. The third-order valence-corrected chi connectivity index (χ3v) is 5.20. The zero-order valence-corrected chi connectivity index (χ0v) is 16.0. The van der Waals surface area contributed by atoms with E-state index in [-0.39, 0.29) is 24.5 Å². The predicted molar refractivity (Wildman–Crippen MR) is 108 cm³/mol. The number of carbonyl (C=O) groups is 2. The van der Waals surface area contributed by atoms with Crippen molar-refractivity contribution in [1.82, 2.24) is 10.3 Å². The third-order valence-electron chi connectivity index (χ3n) is 5.20. The first kappa shape index (κ1) is 19.9. The lowest BCUT2D eigenvalue weighted by Gasteiger charge is -2.27. The third kappa shape index (κ3) is 6.37. The van der Waals surface area contributed by atoms with E-state index < -0.39 is 0 Å². The molecule has 2 amide bonds. The van der Waals surface area contributed by atoms with Crippen LogP contribution in [0.25, 0.3) is 0 Å². The van der Waals surface area contributed by atoms with Crippen molar-refractivity contribution in [3.05, 3.63) is 60.4 Å². The molecule has 1 saturated carbocycles. The molecule has 2 N–H and O–H groups in total. The molecule has 6 nitrogen and oxygen atoms in total. The van der Waals surface area contributed by atoms with Gasteiger partial charge in [-0.05, 0) is 55.7 Å². The molecular formula is C22H27N3O3. The van der Waals surface area contributed by atoms with Gasteiger partial charge in [0.05, 0.1) is 0 Å². The van der Waals surface area contributed by atoms with Crippen LogP contribution in [0.15, 0.2) is 54.9 Å². The SMILES string of the molecule is O=C(NCC[C@H]1CC[C@H](C(=O)Nc2ccncc2)CC1)OCc1ccccc1. The van der Waals surface area contributed by atoms with Crippen molar-refractivity contribution in [2.45, 2.75) is 38.7 Å². The molecule has 0 saturated heterocycles. The van der Waals surface area contributed by atoms with Gasteiger partial charge in [0.25, 0.3) is 0 Å². The average molecular weight is 381 g/mol. The van der Waals surface area contributed by atoms with E-state index in [1.807, 2.05) is 30.3 Å². The number of anilines is 1. The van der Waals surface area contributed by atoms with Crippen molar-refractivity contribution >= 4 is 17.7 Å². The van der Waals surface area contributed by atoms with Gasteiger partial charge in [-0.15, -0.1) is 0 Å². The zero-order valence-electron chi connectivity index (χ0n) is 16.0. The normalized spacial score (nSPS) is 18.9. The molecule has 1 aromatic heterocycles. The number of nitrogens with one attached hydrogen (secondary N) is 2. The average Bonchev–Trinajstić information content (AvgIpc) is 2.74. The molecular weight excluding hydrogens is 354 g/mol. The van der Waals surface area contributed by atoms with E-state index in [4.69, 9.17) is 4.74 Å². The fourth-order valence-corrected chi connectivity index (χ4v) is 3.55. The summed E-state index contributed by atoms with van der Waals surface area (Å²) in [6.07, 6.45) is 7.67. The molecule has 148 valence electrons. The van der Waals surface area contributed by atoms with E-state index in [1.54, 1.807) is 24.5 Å². The molecule has 1 heterocycles. The number of hydrogen-bond acceptors (Lipinski definition) is 4. The van der Waals surface area contributed by atoms with Gasteiger partial charge in [-0.25, -0.2) is 4.79 Å². The van der Waals surface area contributed by atoms with E-state index in [9.17, 15) is 9.59 Å². The second kappa shape index (κ2) is 10.4. The maximum absolute atomic E-state index is 12.4. The van der Waals surface area contributed by atoms with E-state index in [0.29, 0.717) is 12.5 Å². The minimum Gasteiger partial charge on any atom is -0.445 e. The summed E-state index contributed by atoms with van der Waals surface area (Å²) in [6.45, 7) is 0.885. The number of rotatable bonds is 7. The summed E-state index contributed by atoms with van der Waals surface area (Å²) < 4.78 is 5.22. The Bertz CT molecular complexity index is 744. The molecule has 3 rings (SSSR count). The number of benzene rings is 1. The largest absolute Gasteiger partial charge is 0.445 e. The highest BCUT2D eigenvalue weighted by Crippen LogP contribution is 2.31. The van der Waals surface area contributed by atoms with Gasteiger partial charge in [-0.1, -0.05) is 30.3 Å². The minimum atomic E-state index is -0.380. The summed E-state index contributed by atoms with van der Waals surface area (Å²) in [5.41, 5.74) is 1.77. The molecule has 0 bridgehead atoms. The second-order valence-electron chi connectivity index (χ2n) is 7.22. The summed E-state index contributed by atoms with van der Waals surface area (Å²) in [6, 6.07) is 13.2. The van der Waals surface area contributed by atoms with E-state index in [0.717, 1.165) is 43.4 Å². The van der Waals surface area contributed by atoms with Crippen LogP contribution in [0.2, 0.25) is 0 Å². The van der Waals surface area contributed by atoms with Crippen molar-refractivity contribution in [1.29, 1.82) is 0 Å². The lowest BCUT2D eigenvalue weighted by atomic mass is 9.80. The van der Waals surface area contributed by atoms with Crippen molar-refractivity contribution in [3.8, 4) is 0 Å². The smallest absolute Gasteiger partial charge is 0.407 e. The van der Waals surface area contributed by atoms with Gasteiger partial charge >= 0.3 is 6.09 Å². The molecule has 6 heteroatoms. The Balaban J connectivity index is 1.29. The fraction of sp³-hybridized carbons (Fsp3) is 0.409. The molecule has 0 unspecified atom stereocenters. The molecule has 2 aromatic rings. The summed E-state index contributed by atoms with van der Waals surface area (Å²) in [7, 11) is 0. The number of hydrogen-bond donors (Lipinski definition) is 2. The topological polar surface area (TPSA) is 80.3 Å². The highest BCUT2D eigenvalue weighted by Gasteiger charge is 2.26. The quantitative estimate of drug-likeness (QED) is 0.755. The second-order valence-corrected chi connectivity index (χ2v) is 7.22. The highest BCUT2D eigenvalue weighted by molar-refractivity contribution is 5.92. The first-order chi connectivity index (χ1) is 13.7. The van der Waals surface area contributed by atoms with Gasteiger partial charge in [-0.3, -0.25) is 9.78 Å². The van der Waals surface area contributed by atoms with Gasteiger partial charge in [-0.2, -0.15) is 0 Å². The molecule has 1 aliphatic rings. The summed E-state index contributed by atoms with van der Waals surface area (Å²) in [5, 5.41) is 5.78. The Kier molecular flexibility index (Phi) is 7.41. The van der Waals surface area contributed by atoms with Gasteiger partial charge < -0.3 is 15.4 Å². The van der Waals surface area contributed by atoms with Crippen LogP contribution >= 0.6 is 0 Å². The predicted octanol–water partition coefficient (Wildman–Crippen LogP) is 4.14. The highest BCUT2D eigenvalue weighted by atomic mass is 16.5. The van der Waals surface area contributed by atoms with Gasteiger partial charge in [0, 0.05) is 30.5 Å². The Hall–Kier alpha value is -2.89. The van der Waals surface area contributed by atoms with Crippen LogP contribution in [-0.4, -0.2) is 23.5 Å². The number of ether oxygens (including phenoxy) is 1. The molecule has 1 aromatic carbocycles. The summed E-state index contributed by atoms with van der Waals surface area (Å²) in [5.74, 6) is 0.694. The molecule has 0 aliphatic heterocycles. The van der Waals surface area contributed by atoms with Crippen LogP contribution < -0.4 is 10.6 Å². The lowest BCUT2D eigenvalue weighted by Crippen LogP contribution is -2.30. The van der Waals surface area contributed by atoms with E-state index in [1.165, 1.54) is 0 Å². The number of nitrogens with zero attached hydrogens (tertiary/aromatic N) is 1. The summed E-state index contributed by atoms with van der Waals surface area (Å²) >= 11 is 0. The van der Waals surface area contributed by atoms with Crippen molar-refractivity contribution in [2.24, 2.45) is 11.8 Å². The number of amides is 2. The molecule has 28 heavy (non-hydrogen) atoms. The number of alkyl carbamates (subject to hydrolysis) is 1. The zero-order chi connectivity index (χ0) is 19.6. The molecule has 0 radical (unpaired) electrons. The Morgan fingerprint density at radius 2 is 1.71 bits per heavy atom.